The molecule has 1 aliphatic heterocycles. The van der Waals surface area contributed by atoms with E-state index in [1.165, 1.54) is 13.2 Å². The van der Waals surface area contributed by atoms with E-state index in [9.17, 15) is 14.4 Å². The highest BCUT2D eigenvalue weighted by Gasteiger charge is 2.42. The molecule has 3 aromatic rings. The van der Waals surface area contributed by atoms with Crippen LogP contribution in [0.1, 0.15) is 17.0 Å². The summed E-state index contributed by atoms with van der Waals surface area (Å²) in [4.78, 5) is 41.9. The zero-order chi connectivity index (χ0) is 25.3. The number of nitrogens with zero attached hydrogens (tertiary/aromatic N) is 3. The van der Waals surface area contributed by atoms with Gasteiger partial charge in [0.05, 0.1) is 28.9 Å². The molecule has 180 valence electrons. The van der Waals surface area contributed by atoms with Gasteiger partial charge in [0.15, 0.2) is 0 Å². The third-order valence-corrected chi connectivity index (χ3v) is 6.54. The highest BCUT2D eigenvalue weighted by atomic mass is 35.5. The summed E-state index contributed by atoms with van der Waals surface area (Å²) >= 11 is 12.3. The monoisotopic (exact) mass is 511 g/mol. The minimum absolute atomic E-state index is 0.0183. The van der Waals surface area contributed by atoms with Crippen LogP contribution >= 0.6 is 23.2 Å². The number of rotatable bonds is 6. The van der Waals surface area contributed by atoms with Gasteiger partial charge in [-0.2, -0.15) is 0 Å². The molecule has 0 atom stereocenters. The fourth-order valence-corrected chi connectivity index (χ4v) is 4.36. The quantitative estimate of drug-likeness (QED) is 0.327. The molecule has 0 bridgehead atoms. The molecule has 0 spiro atoms. The Kier molecular flexibility index (Phi) is 7.12. The number of ether oxygens (including phenoxy) is 1. The van der Waals surface area contributed by atoms with Crippen molar-refractivity contribution in [3.05, 3.63) is 87.2 Å². The molecular weight excluding hydrogens is 489 g/mol. The number of hydrogen-bond donors (Lipinski definition) is 0. The van der Waals surface area contributed by atoms with E-state index in [1.54, 1.807) is 42.5 Å². The zero-order valence-corrected chi connectivity index (χ0v) is 20.9. The molecule has 1 fully saturated rings. The van der Waals surface area contributed by atoms with E-state index in [2.05, 4.69) is 0 Å². The van der Waals surface area contributed by atoms with Crippen molar-refractivity contribution in [3.8, 4) is 5.69 Å². The summed E-state index contributed by atoms with van der Waals surface area (Å²) < 4.78 is 7.03. The first kappa shape index (κ1) is 24.7. The van der Waals surface area contributed by atoms with Crippen molar-refractivity contribution in [1.82, 2.24) is 9.47 Å². The number of methoxy groups -OCH3 is 1. The van der Waals surface area contributed by atoms with E-state index < -0.39 is 17.8 Å². The van der Waals surface area contributed by atoms with E-state index in [1.807, 2.05) is 30.5 Å². The summed E-state index contributed by atoms with van der Waals surface area (Å²) in [5.41, 5.74) is 3.39. The number of imide groups is 2. The normalized spacial score (nSPS) is 15.5. The number of carbonyl (C=O) groups excluding carboxylic acids is 3. The summed E-state index contributed by atoms with van der Waals surface area (Å²) in [6.07, 6.45) is 1.53. The Morgan fingerprint density at radius 2 is 1.60 bits per heavy atom. The van der Waals surface area contributed by atoms with E-state index >= 15 is 0 Å². The predicted octanol–water partition coefficient (Wildman–Crippen LogP) is 5.43. The summed E-state index contributed by atoms with van der Waals surface area (Å²) in [6, 6.07) is 15.0. The van der Waals surface area contributed by atoms with Gasteiger partial charge in [0.2, 0.25) is 0 Å². The lowest BCUT2D eigenvalue weighted by Gasteiger charge is -2.33. The van der Waals surface area contributed by atoms with Gasteiger partial charge in [-0.25, -0.2) is 9.69 Å². The molecule has 35 heavy (non-hydrogen) atoms. The van der Waals surface area contributed by atoms with Crippen LogP contribution in [0.15, 0.2) is 60.2 Å². The lowest BCUT2D eigenvalue weighted by Crippen LogP contribution is -2.57. The first-order valence-electron chi connectivity index (χ1n) is 10.8. The number of hydrogen-bond acceptors (Lipinski definition) is 4. The molecule has 2 heterocycles. The minimum atomic E-state index is -0.707. The number of aromatic nitrogens is 1. The van der Waals surface area contributed by atoms with Crippen LogP contribution in [-0.2, 0) is 14.3 Å². The number of anilines is 1. The van der Waals surface area contributed by atoms with E-state index in [0.717, 1.165) is 26.9 Å². The molecule has 2 aromatic carbocycles. The van der Waals surface area contributed by atoms with Gasteiger partial charge < -0.3 is 9.30 Å². The summed E-state index contributed by atoms with van der Waals surface area (Å²) in [7, 11) is 1.48. The molecule has 1 aliphatic rings. The number of halogens is 2. The molecule has 0 unspecified atom stereocenters. The number of para-hydroxylation sites is 1. The maximum Gasteiger partial charge on any atom is 0.338 e. The summed E-state index contributed by atoms with van der Waals surface area (Å²) in [6.45, 7) is 3.95. The van der Waals surface area contributed by atoms with Crippen molar-refractivity contribution >= 4 is 52.8 Å². The van der Waals surface area contributed by atoms with Gasteiger partial charge in [0.25, 0.3) is 11.8 Å². The van der Waals surface area contributed by atoms with Crippen LogP contribution in [0.5, 0.6) is 0 Å². The molecule has 0 N–H and O–H groups in total. The Morgan fingerprint density at radius 1 is 0.886 bits per heavy atom. The summed E-state index contributed by atoms with van der Waals surface area (Å²) in [5.74, 6) is -1.34. The largest absolute Gasteiger partial charge is 0.383 e. The molecule has 0 radical (unpaired) electrons. The lowest BCUT2D eigenvalue weighted by molar-refractivity contribution is -0.129. The second-order valence-corrected chi connectivity index (χ2v) is 8.84. The lowest BCUT2D eigenvalue weighted by atomic mass is 10.1. The van der Waals surface area contributed by atoms with Crippen molar-refractivity contribution in [2.24, 2.45) is 0 Å². The van der Waals surface area contributed by atoms with Gasteiger partial charge in [-0.1, -0.05) is 41.4 Å². The topological polar surface area (TPSA) is 71.8 Å². The van der Waals surface area contributed by atoms with Crippen LogP contribution in [0.25, 0.3) is 11.8 Å². The van der Waals surface area contributed by atoms with Crippen LogP contribution in [0.3, 0.4) is 0 Å². The molecule has 9 heteroatoms. The molecule has 1 saturated heterocycles. The number of benzene rings is 2. The second kappa shape index (κ2) is 10.1. The first-order chi connectivity index (χ1) is 16.7. The number of aryl methyl sites for hydroxylation is 1. The third kappa shape index (κ3) is 4.62. The highest BCUT2D eigenvalue weighted by Crippen LogP contribution is 2.30. The molecule has 0 aliphatic carbocycles. The van der Waals surface area contributed by atoms with Gasteiger partial charge >= 0.3 is 6.03 Å². The van der Waals surface area contributed by atoms with Crippen molar-refractivity contribution < 1.29 is 19.1 Å². The standard InChI is InChI=1S/C26H23Cl2N3O4/c1-16-13-18(17(2)30(16)20-9-10-22(27)23(28)15-20)14-21-24(32)29(11-12-35-3)26(34)31(25(21)33)19-7-5-4-6-8-19/h4-10,13-15H,11-12H2,1-3H3/b21-14+. The molecule has 7 nitrogen and oxygen atoms in total. The number of amides is 4. The fraction of sp³-hybridized carbons (Fsp3) is 0.192. The third-order valence-electron chi connectivity index (χ3n) is 5.80. The first-order valence-corrected chi connectivity index (χ1v) is 11.6. The average molecular weight is 512 g/mol. The Morgan fingerprint density at radius 3 is 2.26 bits per heavy atom. The van der Waals surface area contributed by atoms with Gasteiger partial charge in [-0.3, -0.25) is 14.5 Å². The number of carbonyl (C=O) groups is 3. The van der Waals surface area contributed by atoms with Crippen LogP contribution in [0.4, 0.5) is 10.5 Å². The van der Waals surface area contributed by atoms with Gasteiger partial charge in [0, 0.05) is 24.2 Å². The second-order valence-electron chi connectivity index (χ2n) is 8.03. The van der Waals surface area contributed by atoms with Crippen LogP contribution < -0.4 is 4.90 Å². The Labute approximate surface area is 213 Å². The predicted molar refractivity (Wildman–Crippen MR) is 136 cm³/mol. The van der Waals surface area contributed by atoms with Crippen molar-refractivity contribution in [2.45, 2.75) is 13.8 Å². The Bertz CT molecular complexity index is 1350. The van der Waals surface area contributed by atoms with Gasteiger partial charge in [-0.15, -0.1) is 0 Å². The zero-order valence-electron chi connectivity index (χ0n) is 19.4. The van der Waals surface area contributed by atoms with Crippen molar-refractivity contribution in [3.63, 3.8) is 0 Å². The Hall–Kier alpha value is -3.39. The molecule has 4 amide bonds. The number of barbiturate groups is 1. The molecule has 1 aromatic heterocycles. The molecule has 4 rings (SSSR count). The minimum Gasteiger partial charge on any atom is -0.383 e. The van der Waals surface area contributed by atoms with Crippen molar-refractivity contribution in [2.75, 3.05) is 25.2 Å². The number of urea groups is 1. The summed E-state index contributed by atoms with van der Waals surface area (Å²) in [5, 5.41) is 0.862. The SMILES string of the molecule is COCCN1C(=O)/C(=C\c2cc(C)n(-c3ccc(Cl)c(Cl)c3)c2C)C(=O)N(c2ccccc2)C1=O. The van der Waals surface area contributed by atoms with Gasteiger partial charge in [0.1, 0.15) is 5.57 Å². The smallest absolute Gasteiger partial charge is 0.338 e. The molecular formula is C26H23Cl2N3O4. The van der Waals surface area contributed by atoms with E-state index in [4.69, 9.17) is 27.9 Å². The van der Waals surface area contributed by atoms with Crippen LogP contribution in [0.2, 0.25) is 10.0 Å². The Balaban J connectivity index is 1.81. The van der Waals surface area contributed by atoms with Crippen molar-refractivity contribution in [1.29, 1.82) is 0 Å². The highest BCUT2D eigenvalue weighted by molar-refractivity contribution is 6.42. The van der Waals surface area contributed by atoms with E-state index in [0.29, 0.717) is 21.3 Å². The van der Waals surface area contributed by atoms with Gasteiger partial charge in [-0.05, 0) is 61.9 Å². The maximum absolute atomic E-state index is 13.4. The van der Waals surface area contributed by atoms with Crippen LogP contribution in [-0.4, -0.2) is 47.6 Å². The maximum atomic E-state index is 13.4. The van der Waals surface area contributed by atoms with Crippen LogP contribution in [0, 0.1) is 13.8 Å². The fourth-order valence-electron chi connectivity index (χ4n) is 4.07. The van der Waals surface area contributed by atoms with E-state index in [-0.39, 0.29) is 18.7 Å². The molecule has 0 saturated carbocycles. The average Bonchev–Trinajstić information content (AvgIpc) is 3.12.